The minimum Gasteiger partial charge on any atom is -0.383 e. The highest BCUT2D eigenvalue weighted by atomic mass is 79.9. The zero-order chi connectivity index (χ0) is 14.4. The Morgan fingerprint density at radius 1 is 1.55 bits per heavy atom. The van der Waals surface area contributed by atoms with Crippen molar-refractivity contribution in [1.82, 2.24) is 15.1 Å². The predicted octanol–water partition coefficient (Wildman–Crippen LogP) is 2.25. The Balaban J connectivity index is 1.92. The number of ketones is 1. The van der Waals surface area contributed by atoms with Crippen LogP contribution in [0, 0.1) is 5.92 Å². The highest BCUT2D eigenvalue weighted by Gasteiger charge is 2.19. The maximum absolute atomic E-state index is 12.4. The Bertz CT molecular complexity index is 442. The maximum atomic E-state index is 12.4. The summed E-state index contributed by atoms with van der Waals surface area (Å²) in [4.78, 5) is 12.4. The highest BCUT2D eigenvalue weighted by molar-refractivity contribution is 9.10. The molecule has 1 saturated heterocycles. The van der Waals surface area contributed by atoms with Gasteiger partial charge >= 0.3 is 0 Å². The van der Waals surface area contributed by atoms with E-state index in [1.54, 1.807) is 18.0 Å². The number of methoxy groups -OCH3 is 1. The molecule has 0 aromatic carbocycles. The molecule has 0 atom stereocenters. The second-order valence-corrected chi connectivity index (χ2v) is 6.07. The molecular weight excluding hydrogens is 322 g/mol. The number of carbonyl (C=O) groups excluding carboxylic acids is 1. The van der Waals surface area contributed by atoms with Crippen molar-refractivity contribution in [3.63, 3.8) is 0 Å². The van der Waals surface area contributed by atoms with Gasteiger partial charge in [-0.3, -0.25) is 9.48 Å². The summed E-state index contributed by atoms with van der Waals surface area (Å²) in [7, 11) is 1.65. The van der Waals surface area contributed by atoms with E-state index in [9.17, 15) is 4.79 Å². The van der Waals surface area contributed by atoms with E-state index in [1.807, 2.05) is 0 Å². The van der Waals surface area contributed by atoms with Crippen LogP contribution in [0.3, 0.4) is 0 Å². The van der Waals surface area contributed by atoms with Crippen molar-refractivity contribution < 1.29 is 9.53 Å². The zero-order valence-corrected chi connectivity index (χ0v) is 13.5. The van der Waals surface area contributed by atoms with Crippen molar-refractivity contribution in [2.45, 2.75) is 32.2 Å². The van der Waals surface area contributed by atoms with Gasteiger partial charge in [-0.1, -0.05) is 0 Å². The van der Waals surface area contributed by atoms with Crippen LogP contribution >= 0.6 is 15.9 Å². The predicted molar refractivity (Wildman–Crippen MR) is 81.0 cm³/mol. The number of hydrogen-bond donors (Lipinski definition) is 1. The van der Waals surface area contributed by atoms with Gasteiger partial charge in [-0.25, -0.2) is 0 Å². The van der Waals surface area contributed by atoms with E-state index in [0.717, 1.165) is 24.0 Å². The lowest BCUT2D eigenvalue weighted by Gasteiger charge is -2.22. The van der Waals surface area contributed by atoms with Crippen molar-refractivity contribution in [3.05, 3.63) is 16.4 Å². The summed E-state index contributed by atoms with van der Waals surface area (Å²) in [6.07, 6.45) is 5.62. The number of carbonyl (C=O) groups is 1. The van der Waals surface area contributed by atoms with E-state index in [0.29, 0.717) is 31.2 Å². The van der Waals surface area contributed by atoms with Crippen LogP contribution in [0.2, 0.25) is 0 Å². The van der Waals surface area contributed by atoms with E-state index in [1.165, 1.54) is 12.8 Å². The number of halogens is 1. The normalized spacial score (nSPS) is 16.5. The first-order valence-electron chi connectivity index (χ1n) is 7.16. The number of nitrogens with zero attached hydrogens (tertiary/aromatic N) is 2. The number of piperidine rings is 1. The average Bonchev–Trinajstić information content (AvgIpc) is 2.84. The molecule has 6 heteroatoms. The lowest BCUT2D eigenvalue weighted by Crippen LogP contribution is -2.28. The SMILES string of the molecule is COCCn1ncc(Br)c1C(=O)CCC1CCNCC1. The first-order chi connectivity index (χ1) is 9.72. The first kappa shape index (κ1) is 15.7. The smallest absolute Gasteiger partial charge is 0.182 e. The second kappa shape index (κ2) is 7.90. The molecule has 0 amide bonds. The molecule has 1 aromatic rings. The first-order valence-corrected chi connectivity index (χ1v) is 7.96. The standard InChI is InChI=1S/C14H22BrN3O2/c1-20-9-8-18-14(12(15)10-17-18)13(19)3-2-11-4-6-16-7-5-11/h10-11,16H,2-9H2,1H3. The molecule has 0 unspecified atom stereocenters. The molecule has 0 spiro atoms. The fourth-order valence-electron chi connectivity index (χ4n) is 2.61. The van der Waals surface area contributed by atoms with Crippen molar-refractivity contribution in [2.75, 3.05) is 26.8 Å². The topological polar surface area (TPSA) is 56.2 Å². The van der Waals surface area contributed by atoms with Crippen molar-refractivity contribution in [3.8, 4) is 0 Å². The molecule has 1 fully saturated rings. The number of ether oxygens (including phenoxy) is 1. The van der Waals surface area contributed by atoms with Crippen molar-refractivity contribution in [2.24, 2.45) is 5.92 Å². The molecular formula is C14H22BrN3O2. The van der Waals surface area contributed by atoms with E-state index in [-0.39, 0.29) is 5.78 Å². The van der Waals surface area contributed by atoms with Crippen LogP contribution < -0.4 is 5.32 Å². The van der Waals surface area contributed by atoms with Gasteiger partial charge in [-0.2, -0.15) is 5.10 Å². The third-order valence-corrected chi connectivity index (χ3v) is 4.38. The number of aromatic nitrogens is 2. The van der Waals surface area contributed by atoms with Gasteiger partial charge in [0, 0.05) is 13.5 Å². The highest BCUT2D eigenvalue weighted by Crippen LogP contribution is 2.22. The van der Waals surface area contributed by atoms with Crippen molar-refractivity contribution >= 4 is 21.7 Å². The molecule has 20 heavy (non-hydrogen) atoms. The fourth-order valence-corrected chi connectivity index (χ4v) is 3.13. The fraction of sp³-hybridized carbons (Fsp3) is 0.714. The van der Waals surface area contributed by atoms with Crippen LogP contribution in [0.5, 0.6) is 0 Å². The van der Waals surface area contributed by atoms with Crippen LogP contribution in [0.25, 0.3) is 0 Å². The second-order valence-electron chi connectivity index (χ2n) is 5.21. The van der Waals surface area contributed by atoms with E-state index >= 15 is 0 Å². The third kappa shape index (κ3) is 4.14. The summed E-state index contributed by atoms with van der Waals surface area (Å²) in [5.74, 6) is 0.846. The molecule has 0 aliphatic carbocycles. The summed E-state index contributed by atoms with van der Waals surface area (Å²) in [6.45, 7) is 3.32. The maximum Gasteiger partial charge on any atom is 0.182 e. The minimum absolute atomic E-state index is 0.170. The number of nitrogens with one attached hydrogen (secondary N) is 1. The van der Waals surface area contributed by atoms with Gasteiger partial charge in [0.25, 0.3) is 0 Å². The van der Waals surface area contributed by atoms with Crippen LogP contribution in [0.4, 0.5) is 0 Å². The summed E-state index contributed by atoms with van der Waals surface area (Å²) in [6, 6.07) is 0. The third-order valence-electron chi connectivity index (χ3n) is 3.80. The summed E-state index contributed by atoms with van der Waals surface area (Å²) < 4.78 is 7.57. The molecule has 1 aliphatic rings. The summed E-state index contributed by atoms with van der Waals surface area (Å²) in [5.41, 5.74) is 0.677. The van der Waals surface area contributed by atoms with Gasteiger partial charge in [-0.05, 0) is 54.2 Å². The molecule has 1 aliphatic heterocycles. The van der Waals surface area contributed by atoms with Gasteiger partial charge in [0.2, 0.25) is 0 Å². The lowest BCUT2D eigenvalue weighted by molar-refractivity contribution is 0.0956. The number of rotatable bonds is 7. The van der Waals surface area contributed by atoms with Gasteiger partial charge in [0.15, 0.2) is 5.78 Å². The lowest BCUT2D eigenvalue weighted by atomic mass is 9.92. The largest absolute Gasteiger partial charge is 0.383 e. The van der Waals surface area contributed by atoms with Crippen LogP contribution in [-0.2, 0) is 11.3 Å². The molecule has 5 nitrogen and oxygen atoms in total. The minimum atomic E-state index is 0.170. The Labute approximate surface area is 128 Å². The van der Waals surface area contributed by atoms with Crippen LogP contribution in [-0.4, -0.2) is 42.4 Å². The number of hydrogen-bond acceptors (Lipinski definition) is 4. The monoisotopic (exact) mass is 343 g/mol. The van der Waals surface area contributed by atoms with E-state index in [2.05, 4.69) is 26.3 Å². The van der Waals surface area contributed by atoms with Gasteiger partial charge in [0.1, 0.15) is 5.69 Å². The Morgan fingerprint density at radius 3 is 3.00 bits per heavy atom. The summed E-state index contributed by atoms with van der Waals surface area (Å²) >= 11 is 3.42. The molecule has 2 heterocycles. The Hall–Kier alpha value is -0.720. The van der Waals surface area contributed by atoms with Gasteiger partial charge in [0.05, 0.1) is 23.8 Å². The van der Waals surface area contributed by atoms with Crippen molar-refractivity contribution in [1.29, 1.82) is 0 Å². The molecule has 1 aromatic heterocycles. The summed E-state index contributed by atoms with van der Waals surface area (Å²) in [5, 5.41) is 7.58. The van der Waals surface area contributed by atoms with Gasteiger partial charge in [-0.15, -0.1) is 0 Å². The average molecular weight is 344 g/mol. The Kier molecular flexibility index (Phi) is 6.19. The molecule has 0 bridgehead atoms. The Morgan fingerprint density at radius 2 is 2.30 bits per heavy atom. The van der Waals surface area contributed by atoms with Gasteiger partial charge < -0.3 is 10.1 Å². The quantitative estimate of drug-likeness (QED) is 0.771. The molecule has 0 saturated carbocycles. The molecule has 0 radical (unpaired) electrons. The molecule has 2 rings (SSSR count). The van der Waals surface area contributed by atoms with E-state index in [4.69, 9.17) is 4.74 Å². The molecule has 1 N–H and O–H groups in total. The molecule has 112 valence electrons. The van der Waals surface area contributed by atoms with Crippen LogP contribution in [0.1, 0.15) is 36.2 Å². The zero-order valence-electron chi connectivity index (χ0n) is 11.9. The van der Waals surface area contributed by atoms with Crippen LogP contribution in [0.15, 0.2) is 10.7 Å². The number of Topliss-reactive ketones (excluding diaryl/α,β-unsaturated/α-hetero) is 1. The van der Waals surface area contributed by atoms with E-state index < -0.39 is 0 Å².